The third-order valence-corrected chi connectivity index (χ3v) is 5.94. The standard InChI is InChI=1S/C30H30N2O7/c1-20-4-8-23(9-5-20)29-31-27(21(2)38-29)16-17-37-25-10-6-22(7-11-25)18-32(19-28(33)34)30(35)39-26-14-12-24(36-3)13-15-26/h4-15H,16-19H2,1-3H3,(H,33,34). The molecule has 0 unspecified atom stereocenters. The monoisotopic (exact) mass is 530 g/mol. The Kier molecular flexibility index (Phi) is 8.83. The molecule has 0 saturated heterocycles. The predicted octanol–water partition coefficient (Wildman–Crippen LogP) is 5.67. The van der Waals surface area contributed by atoms with Gasteiger partial charge in [0.1, 0.15) is 29.6 Å². The number of aryl methyl sites for hydroxylation is 2. The molecule has 0 fully saturated rings. The smallest absolute Gasteiger partial charge is 0.416 e. The molecule has 1 heterocycles. The van der Waals surface area contributed by atoms with E-state index in [0.717, 1.165) is 27.5 Å². The summed E-state index contributed by atoms with van der Waals surface area (Å²) in [5.41, 5.74) is 3.66. The van der Waals surface area contributed by atoms with Crippen molar-refractivity contribution in [2.24, 2.45) is 0 Å². The van der Waals surface area contributed by atoms with Crippen LogP contribution < -0.4 is 14.2 Å². The molecule has 0 aliphatic heterocycles. The summed E-state index contributed by atoms with van der Waals surface area (Å²) in [5.74, 6) is 1.74. The van der Waals surface area contributed by atoms with Crippen LogP contribution in [0.5, 0.6) is 17.2 Å². The molecule has 9 heteroatoms. The summed E-state index contributed by atoms with van der Waals surface area (Å²) in [6, 6.07) is 21.6. The summed E-state index contributed by atoms with van der Waals surface area (Å²) in [6.45, 7) is 3.87. The maximum absolute atomic E-state index is 12.7. The molecule has 0 atom stereocenters. The van der Waals surface area contributed by atoms with Crippen molar-refractivity contribution in [3.8, 4) is 28.7 Å². The van der Waals surface area contributed by atoms with Crippen LogP contribution in [-0.2, 0) is 17.8 Å². The number of oxazole rings is 1. The van der Waals surface area contributed by atoms with Crippen LogP contribution in [0.1, 0.15) is 22.6 Å². The number of carboxylic acids is 1. The maximum atomic E-state index is 12.7. The molecule has 9 nitrogen and oxygen atoms in total. The summed E-state index contributed by atoms with van der Waals surface area (Å²) in [6.07, 6.45) is -0.192. The lowest BCUT2D eigenvalue weighted by Gasteiger charge is -2.20. The molecular formula is C30H30N2O7. The number of rotatable bonds is 11. The van der Waals surface area contributed by atoms with Gasteiger partial charge in [-0.25, -0.2) is 9.78 Å². The topological polar surface area (TPSA) is 111 Å². The first-order valence-corrected chi connectivity index (χ1v) is 12.4. The normalized spacial score (nSPS) is 10.6. The van der Waals surface area contributed by atoms with E-state index >= 15 is 0 Å². The van der Waals surface area contributed by atoms with E-state index in [0.29, 0.717) is 30.4 Å². The molecule has 0 aliphatic rings. The van der Waals surface area contributed by atoms with Crippen molar-refractivity contribution in [1.29, 1.82) is 0 Å². The zero-order valence-electron chi connectivity index (χ0n) is 22.0. The molecule has 4 rings (SSSR count). The molecule has 202 valence electrons. The van der Waals surface area contributed by atoms with Crippen LogP contribution >= 0.6 is 0 Å². The van der Waals surface area contributed by atoms with Crippen molar-refractivity contribution in [2.75, 3.05) is 20.3 Å². The van der Waals surface area contributed by atoms with E-state index in [1.165, 1.54) is 12.7 Å². The van der Waals surface area contributed by atoms with E-state index in [2.05, 4.69) is 4.98 Å². The Morgan fingerprint density at radius 2 is 1.54 bits per heavy atom. The molecule has 0 saturated carbocycles. The number of hydrogen-bond donors (Lipinski definition) is 1. The highest BCUT2D eigenvalue weighted by molar-refractivity contribution is 5.78. The van der Waals surface area contributed by atoms with Crippen molar-refractivity contribution in [3.63, 3.8) is 0 Å². The Bertz CT molecular complexity index is 1400. The molecule has 0 aliphatic carbocycles. The Balaban J connectivity index is 1.32. The van der Waals surface area contributed by atoms with Gasteiger partial charge >= 0.3 is 12.1 Å². The van der Waals surface area contributed by atoms with E-state index in [4.69, 9.17) is 18.6 Å². The van der Waals surface area contributed by atoms with Crippen molar-refractivity contribution < 1.29 is 33.3 Å². The van der Waals surface area contributed by atoms with Gasteiger partial charge in [-0.2, -0.15) is 0 Å². The molecule has 39 heavy (non-hydrogen) atoms. The first-order chi connectivity index (χ1) is 18.8. The van der Waals surface area contributed by atoms with E-state index in [-0.39, 0.29) is 12.3 Å². The molecule has 3 aromatic carbocycles. The third-order valence-electron chi connectivity index (χ3n) is 5.94. The molecular weight excluding hydrogens is 500 g/mol. The first kappa shape index (κ1) is 27.3. The average Bonchev–Trinajstić information content (AvgIpc) is 3.30. The van der Waals surface area contributed by atoms with Gasteiger partial charge in [0.25, 0.3) is 0 Å². The fourth-order valence-corrected chi connectivity index (χ4v) is 3.81. The number of amides is 1. The zero-order chi connectivity index (χ0) is 27.8. The number of methoxy groups -OCH3 is 1. The van der Waals surface area contributed by atoms with Gasteiger partial charge in [-0.1, -0.05) is 29.8 Å². The summed E-state index contributed by atoms with van der Waals surface area (Å²) < 4.78 is 22.1. The van der Waals surface area contributed by atoms with E-state index < -0.39 is 18.6 Å². The first-order valence-electron chi connectivity index (χ1n) is 12.4. The second-order valence-corrected chi connectivity index (χ2v) is 8.92. The molecule has 0 spiro atoms. The van der Waals surface area contributed by atoms with Gasteiger partial charge in [0.2, 0.25) is 5.89 Å². The van der Waals surface area contributed by atoms with E-state index in [9.17, 15) is 14.7 Å². The molecule has 4 aromatic rings. The van der Waals surface area contributed by atoms with Crippen LogP contribution in [0, 0.1) is 13.8 Å². The Labute approximate surface area is 226 Å². The van der Waals surface area contributed by atoms with Gasteiger partial charge < -0.3 is 23.7 Å². The minimum Gasteiger partial charge on any atom is -0.497 e. The number of carboxylic acid groups (broad SMARTS) is 1. The zero-order valence-corrected chi connectivity index (χ0v) is 22.0. The molecule has 0 bridgehead atoms. The minimum atomic E-state index is -1.14. The van der Waals surface area contributed by atoms with Gasteiger partial charge in [0.15, 0.2) is 0 Å². The highest BCUT2D eigenvalue weighted by atomic mass is 16.6. The minimum absolute atomic E-state index is 0.0570. The van der Waals surface area contributed by atoms with Gasteiger partial charge in [-0.05, 0) is 67.9 Å². The van der Waals surface area contributed by atoms with Crippen LogP contribution in [0.4, 0.5) is 4.79 Å². The SMILES string of the molecule is COc1ccc(OC(=O)N(CC(=O)O)Cc2ccc(OCCc3nc(-c4ccc(C)cc4)oc3C)cc2)cc1. The third kappa shape index (κ3) is 7.61. The van der Waals surface area contributed by atoms with Crippen LogP contribution in [0.15, 0.2) is 77.2 Å². The Morgan fingerprint density at radius 1 is 0.897 bits per heavy atom. The molecule has 0 radical (unpaired) electrons. The number of nitrogens with zero attached hydrogens (tertiary/aromatic N) is 2. The number of aromatic nitrogens is 1. The van der Waals surface area contributed by atoms with Crippen molar-refractivity contribution >= 4 is 12.1 Å². The van der Waals surface area contributed by atoms with Gasteiger partial charge in [0.05, 0.1) is 19.4 Å². The van der Waals surface area contributed by atoms with Crippen molar-refractivity contribution in [1.82, 2.24) is 9.88 Å². The number of aliphatic carboxylic acids is 1. The number of ether oxygens (including phenoxy) is 3. The second-order valence-electron chi connectivity index (χ2n) is 8.92. The van der Waals surface area contributed by atoms with Crippen LogP contribution in [-0.4, -0.2) is 47.3 Å². The summed E-state index contributed by atoms with van der Waals surface area (Å²) in [7, 11) is 1.53. The van der Waals surface area contributed by atoms with Crippen LogP contribution in [0.25, 0.3) is 11.5 Å². The Morgan fingerprint density at radius 3 is 2.18 bits per heavy atom. The highest BCUT2D eigenvalue weighted by Crippen LogP contribution is 2.23. The number of carbonyl (C=O) groups is 2. The quantitative estimate of drug-likeness (QED) is 0.264. The lowest BCUT2D eigenvalue weighted by molar-refractivity contribution is -0.138. The Hall–Kier alpha value is -4.79. The fourth-order valence-electron chi connectivity index (χ4n) is 3.81. The summed E-state index contributed by atoms with van der Waals surface area (Å²) in [5, 5.41) is 9.28. The van der Waals surface area contributed by atoms with Gasteiger partial charge in [-0.3, -0.25) is 9.69 Å². The average molecular weight is 531 g/mol. The van der Waals surface area contributed by atoms with Crippen molar-refractivity contribution in [3.05, 3.63) is 95.4 Å². The van der Waals surface area contributed by atoms with Crippen molar-refractivity contribution in [2.45, 2.75) is 26.8 Å². The van der Waals surface area contributed by atoms with Crippen LogP contribution in [0.2, 0.25) is 0 Å². The number of carbonyl (C=O) groups excluding carboxylic acids is 1. The fraction of sp³-hybridized carbons (Fsp3) is 0.233. The number of hydrogen-bond acceptors (Lipinski definition) is 7. The largest absolute Gasteiger partial charge is 0.497 e. The highest BCUT2D eigenvalue weighted by Gasteiger charge is 2.20. The van der Waals surface area contributed by atoms with Crippen LogP contribution in [0.3, 0.4) is 0 Å². The summed E-state index contributed by atoms with van der Waals surface area (Å²) in [4.78, 5) is 29.7. The lowest BCUT2D eigenvalue weighted by atomic mass is 10.1. The summed E-state index contributed by atoms with van der Waals surface area (Å²) >= 11 is 0. The maximum Gasteiger partial charge on any atom is 0.416 e. The van der Waals surface area contributed by atoms with Gasteiger partial charge in [-0.15, -0.1) is 0 Å². The van der Waals surface area contributed by atoms with Gasteiger partial charge in [0, 0.05) is 18.5 Å². The lowest BCUT2D eigenvalue weighted by Crippen LogP contribution is -2.37. The van der Waals surface area contributed by atoms with E-state index in [1.807, 2.05) is 38.1 Å². The second kappa shape index (κ2) is 12.6. The molecule has 1 aromatic heterocycles. The molecule has 1 N–H and O–H groups in total. The molecule has 1 amide bonds. The predicted molar refractivity (Wildman–Crippen MR) is 144 cm³/mol. The number of benzene rings is 3. The van der Waals surface area contributed by atoms with E-state index in [1.54, 1.807) is 48.5 Å².